The van der Waals surface area contributed by atoms with Gasteiger partial charge in [0.1, 0.15) is 0 Å². The molecule has 0 unspecified atom stereocenters. The molecule has 1 aromatic rings. The van der Waals surface area contributed by atoms with E-state index in [0.29, 0.717) is 48.0 Å². The van der Waals surface area contributed by atoms with E-state index in [9.17, 15) is 0 Å². The molecule has 0 aromatic heterocycles. The van der Waals surface area contributed by atoms with Crippen molar-refractivity contribution in [1.29, 1.82) is 0 Å². The summed E-state index contributed by atoms with van der Waals surface area (Å²) in [7, 11) is 1.64. The van der Waals surface area contributed by atoms with E-state index in [2.05, 4.69) is 5.32 Å². The Morgan fingerprint density at radius 3 is 2.50 bits per heavy atom. The molecular formula is C12H16Cl3NO2. The predicted octanol–water partition coefficient (Wildman–Crippen LogP) is 3.40. The fourth-order valence-electron chi connectivity index (χ4n) is 1.33. The minimum atomic E-state index is 0.497. The van der Waals surface area contributed by atoms with E-state index in [-0.39, 0.29) is 0 Å². The lowest BCUT2D eigenvalue weighted by molar-refractivity contribution is 0.0719. The highest BCUT2D eigenvalue weighted by atomic mass is 35.5. The molecule has 1 N–H and O–H groups in total. The Bertz CT molecular complexity index is 375. The molecule has 0 aliphatic carbocycles. The van der Waals surface area contributed by atoms with Crippen molar-refractivity contribution in [3.05, 3.63) is 32.8 Å². The summed E-state index contributed by atoms with van der Waals surface area (Å²) in [6.45, 7) is 3.08. The van der Waals surface area contributed by atoms with Crippen LogP contribution in [0, 0.1) is 0 Å². The largest absolute Gasteiger partial charge is 0.382 e. The monoisotopic (exact) mass is 311 g/mol. The van der Waals surface area contributed by atoms with Crippen LogP contribution in [0.1, 0.15) is 5.56 Å². The van der Waals surface area contributed by atoms with Gasteiger partial charge in [0.2, 0.25) is 0 Å². The molecule has 3 nitrogen and oxygen atoms in total. The average molecular weight is 313 g/mol. The summed E-state index contributed by atoms with van der Waals surface area (Å²) in [6.07, 6.45) is 0. The zero-order valence-corrected chi connectivity index (χ0v) is 12.4. The highest BCUT2D eigenvalue weighted by molar-refractivity contribution is 6.44. The van der Waals surface area contributed by atoms with Crippen molar-refractivity contribution in [1.82, 2.24) is 5.32 Å². The first-order chi connectivity index (χ1) is 8.66. The molecule has 0 fully saturated rings. The Labute approximate surface area is 122 Å². The van der Waals surface area contributed by atoms with Crippen LogP contribution in [-0.2, 0) is 16.0 Å². The van der Waals surface area contributed by atoms with Crippen LogP contribution >= 0.6 is 34.8 Å². The number of hydrogen-bond acceptors (Lipinski definition) is 3. The molecule has 0 saturated carbocycles. The molecule has 0 spiro atoms. The second-order valence-corrected chi connectivity index (χ2v) is 4.80. The standard InChI is InChI=1S/C12H16Cl3NO2/c1-17-6-7-18-5-4-16-8-9-10(13)2-3-11(14)12(9)15/h2-3,16H,4-8H2,1H3. The number of methoxy groups -OCH3 is 1. The average Bonchev–Trinajstić information content (AvgIpc) is 2.36. The summed E-state index contributed by atoms with van der Waals surface area (Å²) in [5, 5.41) is 4.81. The van der Waals surface area contributed by atoms with Gasteiger partial charge in [-0.05, 0) is 12.1 Å². The molecule has 0 atom stereocenters. The number of ether oxygens (including phenoxy) is 2. The van der Waals surface area contributed by atoms with Gasteiger partial charge in [-0.15, -0.1) is 0 Å². The second kappa shape index (κ2) is 8.97. The molecule has 18 heavy (non-hydrogen) atoms. The highest BCUT2D eigenvalue weighted by Crippen LogP contribution is 2.31. The predicted molar refractivity (Wildman–Crippen MR) is 75.9 cm³/mol. The molecular weight excluding hydrogens is 296 g/mol. The van der Waals surface area contributed by atoms with Gasteiger partial charge < -0.3 is 14.8 Å². The van der Waals surface area contributed by atoms with Gasteiger partial charge in [0.05, 0.1) is 29.9 Å². The number of rotatable bonds is 8. The van der Waals surface area contributed by atoms with Gasteiger partial charge in [0, 0.05) is 30.8 Å². The lowest BCUT2D eigenvalue weighted by Gasteiger charge is -2.10. The lowest BCUT2D eigenvalue weighted by atomic mass is 10.2. The maximum atomic E-state index is 6.08. The van der Waals surface area contributed by atoms with Crippen LogP contribution in [0.25, 0.3) is 0 Å². The van der Waals surface area contributed by atoms with E-state index in [1.54, 1.807) is 19.2 Å². The van der Waals surface area contributed by atoms with E-state index in [0.717, 1.165) is 5.56 Å². The first-order valence-electron chi connectivity index (χ1n) is 5.56. The van der Waals surface area contributed by atoms with Crippen LogP contribution in [0.4, 0.5) is 0 Å². The summed E-state index contributed by atoms with van der Waals surface area (Å²) >= 11 is 18.1. The van der Waals surface area contributed by atoms with E-state index in [1.807, 2.05) is 0 Å². The van der Waals surface area contributed by atoms with Crippen LogP contribution in [0.3, 0.4) is 0 Å². The Hall–Kier alpha value is -0.0300. The van der Waals surface area contributed by atoms with E-state index < -0.39 is 0 Å². The van der Waals surface area contributed by atoms with Gasteiger partial charge in [0.15, 0.2) is 0 Å². The third-order valence-corrected chi connectivity index (χ3v) is 3.49. The SMILES string of the molecule is COCCOCCNCc1c(Cl)ccc(Cl)c1Cl. The molecule has 102 valence electrons. The number of hydrogen-bond donors (Lipinski definition) is 1. The minimum absolute atomic E-state index is 0.497. The van der Waals surface area contributed by atoms with Gasteiger partial charge in [-0.3, -0.25) is 0 Å². The maximum absolute atomic E-state index is 6.08. The molecule has 1 aromatic carbocycles. The highest BCUT2D eigenvalue weighted by Gasteiger charge is 2.08. The Morgan fingerprint density at radius 1 is 1.06 bits per heavy atom. The second-order valence-electron chi connectivity index (χ2n) is 3.60. The molecule has 6 heteroatoms. The first-order valence-corrected chi connectivity index (χ1v) is 6.70. The summed E-state index contributed by atoms with van der Waals surface area (Å²) in [6, 6.07) is 3.42. The fraction of sp³-hybridized carbons (Fsp3) is 0.500. The van der Waals surface area contributed by atoms with E-state index in [1.165, 1.54) is 0 Å². The van der Waals surface area contributed by atoms with Gasteiger partial charge in [-0.25, -0.2) is 0 Å². The Morgan fingerprint density at radius 2 is 1.78 bits per heavy atom. The third kappa shape index (κ3) is 5.31. The Kier molecular flexibility index (Phi) is 7.98. The molecule has 0 saturated heterocycles. The maximum Gasteiger partial charge on any atom is 0.0700 e. The molecule has 0 aliphatic rings. The van der Waals surface area contributed by atoms with Gasteiger partial charge >= 0.3 is 0 Å². The molecule has 0 radical (unpaired) electrons. The number of benzene rings is 1. The van der Waals surface area contributed by atoms with Crippen LogP contribution in [0.15, 0.2) is 12.1 Å². The molecule has 0 aliphatic heterocycles. The lowest BCUT2D eigenvalue weighted by Crippen LogP contribution is -2.20. The molecule has 0 bridgehead atoms. The summed E-state index contributed by atoms with van der Waals surface area (Å²) in [5.41, 5.74) is 0.808. The van der Waals surface area contributed by atoms with Gasteiger partial charge in [-0.1, -0.05) is 34.8 Å². The van der Waals surface area contributed by atoms with E-state index in [4.69, 9.17) is 44.3 Å². The normalized spacial score (nSPS) is 10.9. The smallest absolute Gasteiger partial charge is 0.0700 e. The van der Waals surface area contributed by atoms with Gasteiger partial charge in [-0.2, -0.15) is 0 Å². The van der Waals surface area contributed by atoms with Crippen LogP contribution in [0.5, 0.6) is 0 Å². The quantitative estimate of drug-likeness (QED) is 0.589. The minimum Gasteiger partial charge on any atom is -0.382 e. The number of halogens is 3. The fourth-order valence-corrected chi connectivity index (χ4v) is 2.01. The van der Waals surface area contributed by atoms with Gasteiger partial charge in [0.25, 0.3) is 0 Å². The summed E-state index contributed by atoms with van der Waals surface area (Å²) in [5.74, 6) is 0. The van der Waals surface area contributed by atoms with Crippen molar-refractivity contribution < 1.29 is 9.47 Å². The van der Waals surface area contributed by atoms with Crippen LogP contribution < -0.4 is 5.32 Å². The summed E-state index contributed by atoms with van der Waals surface area (Å²) < 4.78 is 10.2. The third-order valence-electron chi connectivity index (χ3n) is 2.30. The van der Waals surface area contributed by atoms with Crippen molar-refractivity contribution in [3.63, 3.8) is 0 Å². The molecule has 0 heterocycles. The van der Waals surface area contributed by atoms with Crippen molar-refractivity contribution in [3.8, 4) is 0 Å². The van der Waals surface area contributed by atoms with Crippen LogP contribution in [-0.4, -0.2) is 33.5 Å². The van der Waals surface area contributed by atoms with E-state index >= 15 is 0 Å². The van der Waals surface area contributed by atoms with Crippen molar-refractivity contribution >= 4 is 34.8 Å². The number of nitrogens with one attached hydrogen (secondary N) is 1. The molecule has 0 amide bonds. The zero-order chi connectivity index (χ0) is 13.4. The van der Waals surface area contributed by atoms with Crippen LogP contribution in [0.2, 0.25) is 15.1 Å². The summed E-state index contributed by atoms with van der Waals surface area (Å²) in [4.78, 5) is 0. The zero-order valence-electron chi connectivity index (χ0n) is 10.1. The Balaban J connectivity index is 2.29. The molecule has 1 rings (SSSR count). The topological polar surface area (TPSA) is 30.5 Å². The van der Waals surface area contributed by atoms with Crippen molar-refractivity contribution in [2.24, 2.45) is 0 Å². The van der Waals surface area contributed by atoms with Crippen molar-refractivity contribution in [2.45, 2.75) is 6.54 Å². The van der Waals surface area contributed by atoms with Crippen molar-refractivity contribution in [2.75, 3.05) is 33.5 Å². The first kappa shape index (κ1) is 16.0.